The number of rotatable bonds is 2. The zero-order chi connectivity index (χ0) is 10.0. The minimum absolute atomic E-state index is 0.351. The fourth-order valence-corrected chi connectivity index (χ4v) is 1.68. The maximum absolute atomic E-state index is 10.5. The zero-order valence-corrected chi connectivity index (χ0v) is 8.84. The molecule has 0 saturated heterocycles. The molecule has 0 amide bonds. The van der Waals surface area contributed by atoms with Gasteiger partial charge in [-0.1, -0.05) is 33.6 Å². The highest BCUT2D eigenvalue weighted by Gasteiger charge is 2.16. The highest BCUT2D eigenvalue weighted by atomic mass is 79.9. The number of halogens is 2. The smallest absolute Gasteiger partial charge is 0.325 e. The molecule has 0 radical (unpaired) electrons. The minimum atomic E-state index is -1.09. The third kappa shape index (κ3) is 2.43. The Labute approximate surface area is 88.6 Å². The maximum atomic E-state index is 10.5. The normalized spacial score (nSPS) is 12.5. The van der Waals surface area contributed by atoms with Crippen LogP contribution in [0.4, 0.5) is 0 Å². The molecule has 3 nitrogen and oxygen atoms in total. The summed E-state index contributed by atoms with van der Waals surface area (Å²) in [5, 5.41) is 8.98. The van der Waals surface area contributed by atoms with E-state index < -0.39 is 12.0 Å². The van der Waals surface area contributed by atoms with Gasteiger partial charge in [0.2, 0.25) is 0 Å². The van der Waals surface area contributed by atoms with E-state index in [0.717, 1.165) is 4.47 Å². The van der Waals surface area contributed by atoms with Gasteiger partial charge < -0.3 is 10.8 Å². The Hall–Kier alpha value is -0.580. The van der Waals surface area contributed by atoms with E-state index >= 15 is 0 Å². The van der Waals surface area contributed by atoms with E-state index in [1.165, 1.54) is 0 Å². The van der Waals surface area contributed by atoms with E-state index in [4.69, 9.17) is 22.4 Å². The number of hydrogen-bond acceptors (Lipinski definition) is 2. The first-order valence-electron chi connectivity index (χ1n) is 3.45. The first-order valence-corrected chi connectivity index (χ1v) is 4.63. The van der Waals surface area contributed by atoms with Crippen molar-refractivity contribution in [3.63, 3.8) is 0 Å². The van der Waals surface area contributed by atoms with Crippen molar-refractivity contribution in [2.24, 2.45) is 5.73 Å². The number of benzene rings is 1. The summed E-state index contributed by atoms with van der Waals surface area (Å²) in [6, 6.07) is 3.83. The molecule has 0 unspecified atom stereocenters. The van der Waals surface area contributed by atoms with Gasteiger partial charge in [0.25, 0.3) is 0 Å². The van der Waals surface area contributed by atoms with Gasteiger partial charge >= 0.3 is 5.97 Å². The van der Waals surface area contributed by atoms with Crippen LogP contribution in [0.1, 0.15) is 11.6 Å². The first kappa shape index (κ1) is 10.5. The van der Waals surface area contributed by atoms with E-state index in [-0.39, 0.29) is 0 Å². The Bertz CT molecular complexity index is 343. The highest BCUT2D eigenvalue weighted by Crippen LogP contribution is 2.25. The van der Waals surface area contributed by atoms with Gasteiger partial charge in [0.05, 0.1) is 0 Å². The predicted octanol–water partition coefficient (Wildman–Crippen LogP) is 2.19. The number of hydrogen-bond donors (Lipinski definition) is 2. The molecule has 1 atom stereocenters. The van der Waals surface area contributed by atoms with Gasteiger partial charge in [-0.25, -0.2) is 0 Å². The first-order chi connectivity index (χ1) is 6.02. The van der Waals surface area contributed by atoms with Gasteiger partial charge in [0.1, 0.15) is 6.04 Å². The molecule has 13 heavy (non-hydrogen) atoms. The summed E-state index contributed by atoms with van der Waals surface area (Å²) in [5.41, 5.74) is 5.80. The van der Waals surface area contributed by atoms with Gasteiger partial charge in [-0.15, -0.1) is 0 Å². The molecular weight excluding hydrogens is 257 g/mol. The third-order valence-corrected chi connectivity index (χ3v) is 2.38. The Balaban J connectivity index is 3.08. The number of carboxylic acids is 1. The Kier molecular flexibility index (Phi) is 3.30. The molecule has 0 bridgehead atoms. The van der Waals surface area contributed by atoms with E-state index in [0.29, 0.717) is 10.6 Å². The van der Waals surface area contributed by atoms with Gasteiger partial charge in [-0.3, -0.25) is 4.79 Å². The molecule has 3 N–H and O–H groups in total. The van der Waals surface area contributed by atoms with Crippen molar-refractivity contribution in [2.75, 3.05) is 0 Å². The minimum Gasteiger partial charge on any atom is -0.480 e. The second-order valence-electron chi connectivity index (χ2n) is 2.48. The number of nitrogens with two attached hydrogens (primary N) is 1. The average Bonchev–Trinajstić information content (AvgIpc) is 2.03. The van der Waals surface area contributed by atoms with Crippen molar-refractivity contribution < 1.29 is 9.90 Å². The van der Waals surface area contributed by atoms with Crippen molar-refractivity contribution in [1.29, 1.82) is 0 Å². The molecular formula is C8H7BrClNO2. The van der Waals surface area contributed by atoms with Crippen LogP contribution >= 0.6 is 27.5 Å². The maximum Gasteiger partial charge on any atom is 0.325 e. The average molecular weight is 265 g/mol. The number of aliphatic carboxylic acids is 1. The molecule has 0 saturated carbocycles. The summed E-state index contributed by atoms with van der Waals surface area (Å²) in [5.74, 6) is -1.09. The van der Waals surface area contributed by atoms with Gasteiger partial charge in [0, 0.05) is 9.50 Å². The lowest BCUT2D eigenvalue weighted by Gasteiger charge is -2.08. The molecule has 0 spiro atoms. The van der Waals surface area contributed by atoms with Crippen molar-refractivity contribution in [3.8, 4) is 0 Å². The summed E-state index contributed by atoms with van der Waals surface area (Å²) < 4.78 is 0.791. The molecule has 0 heterocycles. The second-order valence-corrected chi connectivity index (χ2v) is 3.80. The van der Waals surface area contributed by atoms with Crippen LogP contribution in [-0.4, -0.2) is 11.1 Å². The van der Waals surface area contributed by atoms with Crippen molar-refractivity contribution in [1.82, 2.24) is 0 Å². The third-order valence-electron chi connectivity index (χ3n) is 1.56. The SMILES string of the molecule is N[C@@H](C(=O)O)c1ccc(Br)cc1Cl. The number of carboxylic acid groups (broad SMARTS) is 1. The quantitative estimate of drug-likeness (QED) is 0.860. The van der Waals surface area contributed by atoms with Crippen LogP contribution < -0.4 is 5.73 Å². The fourth-order valence-electron chi connectivity index (χ4n) is 0.887. The molecule has 5 heteroatoms. The molecule has 0 fully saturated rings. The van der Waals surface area contributed by atoms with Crippen LogP contribution in [0.3, 0.4) is 0 Å². The molecule has 1 aromatic rings. The van der Waals surface area contributed by atoms with E-state index in [1.807, 2.05) is 0 Å². The van der Waals surface area contributed by atoms with Crippen LogP contribution in [0.2, 0.25) is 5.02 Å². The predicted molar refractivity (Wildman–Crippen MR) is 53.7 cm³/mol. The summed E-state index contributed by atoms with van der Waals surface area (Å²) in [4.78, 5) is 10.5. The lowest BCUT2D eigenvalue weighted by atomic mass is 10.1. The van der Waals surface area contributed by atoms with Crippen LogP contribution in [0.5, 0.6) is 0 Å². The lowest BCUT2D eigenvalue weighted by molar-refractivity contribution is -0.138. The highest BCUT2D eigenvalue weighted by molar-refractivity contribution is 9.10. The summed E-state index contributed by atoms with van der Waals surface area (Å²) in [6.45, 7) is 0. The van der Waals surface area contributed by atoms with Crippen molar-refractivity contribution >= 4 is 33.5 Å². The Morgan fingerprint density at radius 1 is 1.62 bits per heavy atom. The monoisotopic (exact) mass is 263 g/mol. The zero-order valence-electron chi connectivity index (χ0n) is 6.50. The molecule has 70 valence electrons. The van der Waals surface area contributed by atoms with Gasteiger partial charge in [-0.2, -0.15) is 0 Å². The Morgan fingerprint density at radius 2 is 2.23 bits per heavy atom. The van der Waals surface area contributed by atoms with Gasteiger partial charge in [0.15, 0.2) is 0 Å². The number of carbonyl (C=O) groups is 1. The van der Waals surface area contributed by atoms with E-state index in [2.05, 4.69) is 15.9 Å². The lowest BCUT2D eigenvalue weighted by Crippen LogP contribution is -2.20. The fraction of sp³-hybridized carbons (Fsp3) is 0.125. The summed E-state index contributed by atoms with van der Waals surface area (Å²) in [6.07, 6.45) is 0. The van der Waals surface area contributed by atoms with Crippen molar-refractivity contribution in [3.05, 3.63) is 33.3 Å². The summed E-state index contributed by atoms with van der Waals surface area (Å²) in [7, 11) is 0. The standard InChI is InChI=1S/C8H7BrClNO2/c9-4-1-2-5(6(10)3-4)7(11)8(12)13/h1-3,7H,11H2,(H,12,13)/t7-/m1/s1. The second kappa shape index (κ2) is 4.09. The van der Waals surface area contributed by atoms with Crippen LogP contribution in [0.25, 0.3) is 0 Å². The van der Waals surface area contributed by atoms with E-state index in [9.17, 15) is 4.79 Å². The molecule has 0 aromatic heterocycles. The van der Waals surface area contributed by atoms with Gasteiger partial charge in [-0.05, 0) is 17.7 Å². The molecule has 0 aliphatic carbocycles. The largest absolute Gasteiger partial charge is 0.480 e. The van der Waals surface area contributed by atoms with Crippen molar-refractivity contribution in [2.45, 2.75) is 6.04 Å². The molecule has 0 aliphatic rings. The summed E-state index contributed by atoms with van der Waals surface area (Å²) >= 11 is 9.00. The van der Waals surface area contributed by atoms with Crippen LogP contribution in [0.15, 0.2) is 22.7 Å². The van der Waals surface area contributed by atoms with E-state index in [1.54, 1.807) is 18.2 Å². The topological polar surface area (TPSA) is 63.3 Å². The van der Waals surface area contributed by atoms with Crippen LogP contribution in [0, 0.1) is 0 Å². The van der Waals surface area contributed by atoms with Crippen LogP contribution in [-0.2, 0) is 4.79 Å². The molecule has 0 aliphatic heterocycles. The Morgan fingerprint density at radius 3 is 2.69 bits per heavy atom. The molecule has 1 rings (SSSR count). The molecule has 1 aromatic carbocycles.